The molecule has 0 saturated carbocycles. The van der Waals surface area contributed by atoms with E-state index in [1.54, 1.807) is 19.1 Å². The van der Waals surface area contributed by atoms with E-state index < -0.39 is 10.0 Å². The van der Waals surface area contributed by atoms with Crippen molar-refractivity contribution in [2.75, 3.05) is 4.72 Å². The fourth-order valence-corrected chi connectivity index (χ4v) is 4.66. The third-order valence-electron chi connectivity index (χ3n) is 2.79. The van der Waals surface area contributed by atoms with Crippen LogP contribution in [0.1, 0.15) is 15.3 Å². The second-order valence-electron chi connectivity index (χ2n) is 4.36. The number of aliphatic hydroxyl groups excluding tert-OH is 1. The Bertz CT molecular complexity index is 738. The lowest BCUT2D eigenvalue weighted by Crippen LogP contribution is -2.13. The van der Waals surface area contributed by atoms with Crippen LogP contribution in [0, 0.1) is 13.8 Å². The van der Waals surface area contributed by atoms with Crippen molar-refractivity contribution in [1.82, 2.24) is 0 Å². The van der Waals surface area contributed by atoms with Gasteiger partial charge in [-0.25, -0.2) is 8.42 Å². The molecule has 1 aromatic heterocycles. The molecule has 20 heavy (non-hydrogen) atoms. The molecule has 0 amide bonds. The van der Waals surface area contributed by atoms with Gasteiger partial charge in [0.25, 0.3) is 10.0 Å². The summed E-state index contributed by atoms with van der Waals surface area (Å²) in [4.78, 5) is 1.50. The summed E-state index contributed by atoms with van der Waals surface area (Å²) in [7, 11) is -3.63. The lowest BCUT2D eigenvalue weighted by atomic mass is 10.2. The molecule has 0 saturated heterocycles. The van der Waals surface area contributed by atoms with Crippen molar-refractivity contribution >= 4 is 43.0 Å². The number of anilines is 1. The van der Waals surface area contributed by atoms with Crippen LogP contribution < -0.4 is 4.72 Å². The molecule has 0 aliphatic carbocycles. The smallest absolute Gasteiger partial charge is 0.263 e. The normalized spacial score (nSPS) is 11.6. The van der Waals surface area contributed by atoms with Gasteiger partial charge in [0.2, 0.25) is 0 Å². The maximum Gasteiger partial charge on any atom is 0.263 e. The third-order valence-corrected chi connectivity index (χ3v) is 6.32. The molecule has 0 unspecified atom stereocenters. The number of thiophene rings is 1. The Hall–Kier alpha value is -0.890. The minimum absolute atomic E-state index is 0.156. The number of hydrogen-bond donors (Lipinski definition) is 2. The molecule has 4 nitrogen and oxygen atoms in total. The molecular formula is C13H14BrNO3S2. The van der Waals surface area contributed by atoms with E-state index in [2.05, 4.69) is 20.7 Å². The first kappa shape index (κ1) is 15.5. The van der Waals surface area contributed by atoms with Crippen LogP contribution >= 0.6 is 27.3 Å². The molecule has 2 rings (SSSR count). The molecule has 0 fully saturated rings. The molecule has 0 bridgehead atoms. The Kier molecular flexibility index (Phi) is 4.53. The van der Waals surface area contributed by atoms with Crippen LogP contribution in [0.5, 0.6) is 0 Å². The van der Waals surface area contributed by atoms with Gasteiger partial charge in [-0.05, 0) is 37.6 Å². The van der Waals surface area contributed by atoms with Crippen molar-refractivity contribution in [2.45, 2.75) is 25.3 Å². The van der Waals surface area contributed by atoms with Crippen molar-refractivity contribution in [2.24, 2.45) is 0 Å². The van der Waals surface area contributed by atoms with Crippen molar-refractivity contribution in [3.63, 3.8) is 0 Å². The lowest BCUT2D eigenvalue weighted by molar-refractivity contribution is 0.285. The number of benzene rings is 1. The average Bonchev–Trinajstić information content (AvgIpc) is 2.76. The number of nitrogens with one attached hydrogen (secondary N) is 1. The maximum absolute atomic E-state index is 12.3. The Morgan fingerprint density at radius 2 is 2.00 bits per heavy atom. The van der Waals surface area contributed by atoms with Gasteiger partial charge in [0.15, 0.2) is 0 Å². The molecule has 2 N–H and O–H groups in total. The van der Waals surface area contributed by atoms with Crippen LogP contribution in [0.3, 0.4) is 0 Å². The fourth-order valence-electron chi connectivity index (χ4n) is 1.74. The zero-order valence-electron chi connectivity index (χ0n) is 11.0. The van der Waals surface area contributed by atoms with Gasteiger partial charge in [-0.15, -0.1) is 11.3 Å². The maximum atomic E-state index is 12.3. The minimum atomic E-state index is -3.63. The van der Waals surface area contributed by atoms with E-state index in [9.17, 15) is 8.42 Å². The van der Waals surface area contributed by atoms with E-state index in [4.69, 9.17) is 5.11 Å². The molecule has 2 aromatic rings. The Labute approximate surface area is 130 Å². The minimum Gasteiger partial charge on any atom is -0.391 e. The fraction of sp³-hybridized carbons (Fsp3) is 0.231. The van der Waals surface area contributed by atoms with E-state index in [0.29, 0.717) is 15.4 Å². The second-order valence-corrected chi connectivity index (χ2v) is 8.21. The van der Waals surface area contributed by atoms with Gasteiger partial charge >= 0.3 is 0 Å². The van der Waals surface area contributed by atoms with Crippen molar-refractivity contribution in [3.05, 3.63) is 44.1 Å². The van der Waals surface area contributed by atoms with Crippen molar-refractivity contribution in [3.8, 4) is 0 Å². The predicted molar refractivity (Wildman–Crippen MR) is 84.7 cm³/mol. The first-order valence-electron chi connectivity index (χ1n) is 5.82. The highest BCUT2D eigenvalue weighted by atomic mass is 79.9. The molecule has 0 spiro atoms. The van der Waals surface area contributed by atoms with E-state index >= 15 is 0 Å². The molecule has 0 atom stereocenters. The number of aliphatic hydroxyl groups is 1. The monoisotopic (exact) mass is 375 g/mol. The van der Waals surface area contributed by atoms with Crippen LogP contribution in [0.25, 0.3) is 0 Å². The quantitative estimate of drug-likeness (QED) is 0.859. The summed E-state index contributed by atoms with van der Waals surface area (Å²) in [6, 6.07) is 6.78. The first-order valence-corrected chi connectivity index (χ1v) is 8.92. The highest BCUT2D eigenvalue weighted by molar-refractivity contribution is 9.10. The average molecular weight is 376 g/mol. The summed E-state index contributed by atoms with van der Waals surface area (Å²) in [6.07, 6.45) is 0. The lowest BCUT2D eigenvalue weighted by Gasteiger charge is -2.09. The molecule has 0 aliphatic heterocycles. The molecule has 1 aromatic carbocycles. The highest BCUT2D eigenvalue weighted by Crippen LogP contribution is 2.28. The Balaban J connectivity index is 2.35. The number of rotatable bonds is 4. The Morgan fingerprint density at radius 3 is 2.55 bits per heavy atom. The molecule has 0 aliphatic rings. The third kappa shape index (κ3) is 3.22. The van der Waals surface area contributed by atoms with Gasteiger partial charge in [-0.3, -0.25) is 4.72 Å². The number of aryl methyl sites for hydroxylation is 2. The van der Waals surface area contributed by atoms with Crippen molar-refractivity contribution < 1.29 is 13.5 Å². The molecule has 7 heteroatoms. The number of hydrogen-bond acceptors (Lipinski definition) is 4. The largest absolute Gasteiger partial charge is 0.391 e. The highest BCUT2D eigenvalue weighted by Gasteiger charge is 2.20. The molecule has 1 heterocycles. The van der Waals surface area contributed by atoms with Crippen LogP contribution in [0.15, 0.2) is 33.6 Å². The van der Waals surface area contributed by atoms with Crippen LogP contribution in [-0.2, 0) is 16.6 Å². The topological polar surface area (TPSA) is 66.4 Å². The van der Waals surface area contributed by atoms with Crippen LogP contribution in [0.2, 0.25) is 0 Å². The number of sulfonamides is 1. The van der Waals surface area contributed by atoms with E-state index in [0.717, 1.165) is 10.0 Å². The second kappa shape index (κ2) is 5.85. The summed E-state index contributed by atoms with van der Waals surface area (Å²) in [5, 5.41) is 9.09. The van der Waals surface area contributed by atoms with E-state index in [1.807, 2.05) is 13.0 Å². The summed E-state index contributed by atoms with van der Waals surface area (Å²) >= 11 is 4.65. The summed E-state index contributed by atoms with van der Waals surface area (Å²) in [5.74, 6) is 0. The van der Waals surface area contributed by atoms with Crippen LogP contribution in [0.4, 0.5) is 5.69 Å². The summed E-state index contributed by atoms with van der Waals surface area (Å²) in [6.45, 7) is 3.50. The van der Waals surface area contributed by atoms with Crippen LogP contribution in [-0.4, -0.2) is 13.5 Å². The number of halogens is 1. The van der Waals surface area contributed by atoms with Gasteiger partial charge in [0.05, 0.1) is 6.61 Å². The first-order chi connectivity index (χ1) is 9.33. The Morgan fingerprint density at radius 1 is 1.30 bits per heavy atom. The standard InChI is InChI=1S/C13H14BrNO3S2/c1-8-3-4-10(5-12(8)14)15-20(17,18)13-6-11(7-16)19-9(13)2/h3-6,15-16H,7H2,1-2H3. The van der Waals surface area contributed by atoms with Gasteiger partial charge < -0.3 is 5.11 Å². The zero-order valence-corrected chi connectivity index (χ0v) is 14.2. The van der Waals surface area contributed by atoms with E-state index in [-0.39, 0.29) is 11.5 Å². The molecule has 0 radical (unpaired) electrons. The van der Waals surface area contributed by atoms with Crippen molar-refractivity contribution in [1.29, 1.82) is 0 Å². The van der Waals surface area contributed by atoms with Gasteiger partial charge in [0, 0.05) is 19.9 Å². The SMILES string of the molecule is Cc1ccc(NS(=O)(=O)c2cc(CO)sc2C)cc1Br. The molecule has 108 valence electrons. The van der Waals surface area contributed by atoms with Gasteiger partial charge in [-0.1, -0.05) is 22.0 Å². The zero-order chi connectivity index (χ0) is 14.9. The summed E-state index contributed by atoms with van der Waals surface area (Å²) < 4.78 is 28.1. The summed E-state index contributed by atoms with van der Waals surface area (Å²) in [5.41, 5.74) is 1.53. The van der Waals surface area contributed by atoms with Gasteiger partial charge in [-0.2, -0.15) is 0 Å². The van der Waals surface area contributed by atoms with E-state index in [1.165, 1.54) is 17.4 Å². The predicted octanol–water partition coefficient (Wildman–Crippen LogP) is 3.42. The molecular weight excluding hydrogens is 362 g/mol. The van der Waals surface area contributed by atoms with Gasteiger partial charge in [0.1, 0.15) is 4.90 Å².